The molecule has 3 rings (SSSR count). The molecule has 0 unspecified atom stereocenters. The second-order valence-electron chi connectivity index (χ2n) is 6.45. The van der Waals surface area contributed by atoms with E-state index >= 15 is 0 Å². The lowest BCUT2D eigenvalue weighted by molar-refractivity contribution is -0.0499. The topological polar surface area (TPSA) is 32.8 Å². The van der Waals surface area contributed by atoms with Gasteiger partial charge in [-0.15, -0.1) is 0 Å². The Labute approximate surface area is 162 Å². The number of alkyl halides is 2. The number of ether oxygens (including phenoxy) is 1. The predicted octanol–water partition coefficient (Wildman–Crippen LogP) is 4.29. The Hall–Kier alpha value is -2.18. The van der Waals surface area contributed by atoms with E-state index in [9.17, 15) is 13.6 Å². The van der Waals surface area contributed by atoms with E-state index in [1.54, 1.807) is 17.0 Å². The molecule has 0 radical (unpaired) electrons. The summed E-state index contributed by atoms with van der Waals surface area (Å²) in [6.45, 7) is 0.761. The molecule has 0 atom stereocenters. The van der Waals surface area contributed by atoms with E-state index < -0.39 is 6.61 Å². The standard InChI is InChI=1S/C20H21ClF2N2O2/c21-17-7-5-15(6-8-17)14-24-9-2-10-25(12-11-24)19(26)16-3-1-4-18(13-16)27-20(22)23/h1,3-8,13,20H,2,9-12,14H2. The first-order valence-electron chi connectivity index (χ1n) is 8.82. The Morgan fingerprint density at radius 2 is 1.85 bits per heavy atom. The Morgan fingerprint density at radius 1 is 1.07 bits per heavy atom. The molecule has 1 saturated heterocycles. The summed E-state index contributed by atoms with van der Waals surface area (Å²) in [6, 6.07) is 13.7. The molecule has 1 amide bonds. The van der Waals surface area contributed by atoms with Crippen LogP contribution in [0.4, 0.5) is 8.78 Å². The molecular weight excluding hydrogens is 374 g/mol. The van der Waals surface area contributed by atoms with Gasteiger partial charge in [-0.25, -0.2) is 0 Å². The van der Waals surface area contributed by atoms with Crippen molar-refractivity contribution in [2.45, 2.75) is 19.6 Å². The number of carbonyl (C=O) groups excluding carboxylic acids is 1. The maximum atomic E-state index is 12.7. The Kier molecular flexibility index (Phi) is 6.63. The molecule has 1 heterocycles. The van der Waals surface area contributed by atoms with Gasteiger partial charge in [0.25, 0.3) is 5.91 Å². The van der Waals surface area contributed by atoms with Gasteiger partial charge in [0, 0.05) is 43.3 Å². The Morgan fingerprint density at radius 3 is 2.59 bits per heavy atom. The van der Waals surface area contributed by atoms with Gasteiger partial charge in [0.1, 0.15) is 5.75 Å². The minimum Gasteiger partial charge on any atom is -0.435 e. The lowest BCUT2D eigenvalue weighted by Crippen LogP contribution is -2.35. The van der Waals surface area contributed by atoms with Gasteiger partial charge in [-0.05, 0) is 42.3 Å². The molecule has 0 aromatic heterocycles. The monoisotopic (exact) mass is 394 g/mol. The van der Waals surface area contributed by atoms with Crippen molar-refractivity contribution in [3.05, 3.63) is 64.7 Å². The average molecular weight is 395 g/mol. The largest absolute Gasteiger partial charge is 0.435 e. The fourth-order valence-electron chi connectivity index (χ4n) is 3.17. The van der Waals surface area contributed by atoms with Crippen LogP contribution in [0.15, 0.2) is 48.5 Å². The number of nitrogens with zero attached hydrogens (tertiary/aromatic N) is 2. The first kappa shape index (κ1) is 19.6. The lowest BCUT2D eigenvalue weighted by Gasteiger charge is -2.22. The lowest BCUT2D eigenvalue weighted by atomic mass is 10.2. The second-order valence-corrected chi connectivity index (χ2v) is 6.89. The van der Waals surface area contributed by atoms with Crippen LogP contribution in [0.25, 0.3) is 0 Å². The van der Waals surface area contributed by atoms with Crippen molar-refractivity contribution in [1.29, 1.82) is 0 Å². The number of benzene rings is 2. The molecule has 1 aliphatic heterocycles. The summed E-state index contributed by atoms with van der Waals surface area (Å²) in [6.07, 6.45) is 0.854. The van der Waals surface area contributed by atoms with Gasteiger partial charge in [0.05, 0.1) is 0 Å². The van der Waals surface area contributed by atoms with Crippen LogP contribution in [0.1, 0.15) is 22.3 Å². The van der Waals surface area contributed by atoms with Crippen molar-refractivity contribution in [3.8, 4) is 5.75 Å². The van der Waals surface area contributed by atoms with Crippen molar-refractivity contribution >= 4 is 17.5 Å². The smallest absolute Gasteiger partial charge is 0.387 e. The van der Waals surface area contributed by atoms with E-state index in [0.717, 1.165) is 26.1 Å². The Bertz CT molecular complexity index is 771. The molecule has 2 aromatic rings. The van der Waals surface area contributed by atoms with Crippen molar-refractivity contribution in [2.75, 3.05) is 26.2 Å². The first-order valence-corrected chi connectivity index (χ1v) is 9.20. The Balaban J connectivity index is 1.60. The third kappa shape index (κ3) is 5.65. The van der Waals surface area contributed by atoms with Crippen LogP contribution in [0.5, 0.6) is 5.75 Å². The third-order valence-corrected chi connectivity index (χ3v) is 4.75. The molecule has 0 aliphatic carbocycles. The minimum absolute atomic E-state index is 0.00460. The van der Waals surface area contributed by atoms with Crippen molar-refractivity contribution in [1.82, 2.24) is 9.80 Å². The van der Waals surface area contributed by atoms with E-state index in [-0.39, 0.29) is 11.7 Å². The molecule has 4 nitrogen and oxygen atoms in total. The molecule has 1 fully saturated rings. The molecular formula is C20H21ClF2N2O2. The van der Waals surface area contributed by atoms with Gasteiger partial charge >= 0.3 is 6.61 Å². The maximum absolute atomic E-state index is 12.7. The second kappa shape index (κ2) is 9.15. The fraction of sp³-hybridized carbons (Fsp3) is 0.350. The highest BCUT2D eigenvalue weighted by Gasteiger charge is 2.21. The molecule has 0 spiro atoms. The molecule has 0 bridgehead atoms. The van der Waals surface area contributed by atoms with Gasteiger partial charge in [0.15, 0.2) is 0 Å². The number of halogens is 3. The highest BCUT2D eigenvalue weighted by atomic mass is 35.5. The first-order chi connectivity index (χ1) is 13.0. The van der Waals surface area contributed by atoms with E-state index in [2.05, 4.69) is 9.64 Å². The van der Waals surface area contributed by atoms with Crippen LogP contribution >= 0.6 is 11.6 Å². The molecule has 144 valence electrons. The van der Waals surface area contributed by atoms with E-state index in [1.165, 1.54) is 17.7 Å². The van der Waals surface area contributed by atoms with Crippen molar-refractivity contribution < 1.29 is 18.3 Å². The summed E-state index contributed by atoms with van der Waals surface area (Å²) in [5.41, 5.74) is 1.54. The van der Waals surface area contributed by atoms with Gasteiger partial charge in [-0.3, -0.25) is 9.69 Å². The summed E-state index contributed by atoms with van der Waals surface area (Å²) in [5, 5.41) is 0.712. The fourth-order valence-corrected chi connectivity index (χ4v) is 3.29. The zero-order chi connectivity index (χ0) is 19.2. The minimum atomic E-state index is -2.91. The normalized spacial score (nSPS) is 15.6. The number of rotatable bonds is 5. The van der Waals surface area contributed by atoms with Gasteiger partial charge < -0.3 is 9.64 Å². The van der Waals surface area contributed by atoms with E-state index in [1.807, 2.05) is 24.3 Å². The van der Waals surface area contributed by atoms with Crippen LogP contribution in [-0.4, -0.2) is 48.5 Å². The van der Waals surface area contributed by atoms with Crippen LogP contribution in [0.2, 0.25) is 5.02 Å². The molecule has 0 N–H and O–H groups in total. The quantitative estimate of drug-likeness (QED) is 0.758. The van der Waals surface area contributed by atoms with E-state index in [4.69, 9.17) is 11.6 Å². The van der Waals surface area contributed by atoms with Gasteiger partial charge in [0.2, 0.25) is 0 Å². The zero-order valence-electron chi connectivity index (χ0n) is 14.8. The summed E-state index contributed by atoms with van der Waals surface area (Å²) in [4.78, 5) is 16.8. The predicted molar refractivity (Wildman–Crippen MR) is 100 cm³/mol. The van der Waals surface area contributed by atoms with Crippen molar-refractivity contribution in [2.24, 2.45) is 0 Å². The zero-order valence-corrected chi connectivity index (χ0v) is 15.5. The maximum Gasteiger partial charge on any atom is 0.387 e. The van der Waals surface area contributed by atoms with Gasteiger partial charge in [-0.2, -0.15) is 8.78 Å². The summed E-state index contributed by atoms with van der Waals surface area (Å²) in [5.74, 6) is -0.168. The van der Waals surface area contributed by atoms with Crippen LogP contribution in [0, 0.1) is 0 Å². The summed E-state index contributed by atoms with van der Waals surface area (Å²) in [7, 11) is 0. The molecule has 7 heteroatoms. The van der Waals surface area contributed by atoms with Crippen LogP contribution in [-0.2, 0) is 6.54 Å². The number of hydrogen-bond acceptors (Lipinski definition) is 3. The molecule has 2 aromatic carbocycles. The highest BCUT2D eigenvalue weighted by Crippen LogP contribution is 2.19. The van der Waals surface area contributed by atoms with Crippen molar-refractivity contribution in [3.63, 3.8) is 0 Å². The molecule has 0 saturated carbocycles. The summed E-state index contributed by atoms with van der Waals surface area (Å²) >= 11 is 5.92. The van der Waals surface area contributed by atoms with Crippen LogP contribution in [0.3, 0.4) is 0 Å². The number of hydrogen-bond donors (Lipinski definition) is 0. The number of carbonyl (C=O) groups is 1. The molecule has 27 heavy (non-hydrogen) atoms. The third-order valence-electron chi connectivity index (χ3n) is 4.50. The van der Waals surface area contributed by atoms with Crippen LogP contribution < -0.4 is 4.74 Å². The van der Waals surface area contributed by atoms with E-state index in [0.29, 0.717) is 23.7 Å². The average Bonchev–Trinajstić information content (AvgIpc) is 2.88. The number of amides is 1. The highest BCUT2D eigenvalue weighted by molar-refractivity contribution is 6.30. The SMILES string of the molecule is O=C(c1cccc(OC(F)F)c1)N1CCCN(Cc2ccc(Cl)cc2)CC1. The summed E-state index contributed by atoms with van der Waals surface area (Å²) < 4.78 is 29.1. The van der Waals surface area contributed by atoms with Gasteiger partial charge in [-0.1, -0.05) is 29.8 Å². The molecule has 1 aliphatic rings.